The van der Waals surface area contributed by atoms with Crippen molar-refractivity contribution in [3.8, 4) is 5.75 Å². The van der Waals surface area contributed by atoms with Crippen LogP contribution in [0.3, 0.4) is 0 Å². The molecule has 0 fully saturated rings. The lowest BCUT2D eigenvalue weighted by molar-refractivity contribution is 0.189. The minimum absolute atomic E-state index is 0.383. The molecule has 4 nitrogen and oxygen atoms in total. The fraction of sp³-hybridized carbons (Fsp3) is 0.357. The van der Waals surface area contributed by atoms with E-state index in [0.717, 1.165) is 25.9 Å². The number of aryl methyl sites for hydroxylation is 2. The van der Waals surface area contributed by atoms with Crippen molar-refractivity contribution in [2.45, 2.75) is 26.6 Å². The molecule has 0 amide bonds. The quantitative estimate of drug-likeness (QED) is 0.842. The van der Waals surface area contributed by atoms with Crippen LogP contribution in [0.4, 0.5) is 0 Å². The Morgan fingerprint density at radius 3 is 2.65 bits per heavy atom. The number of aromatic nitrogens is 2. The van der Waals surface area contributed by atoms with E-state index in [-0.39, 0.29) is 0 Å². The summed E-state index contributed by atoms with van der Waals surface area (Å²) in [6.45, 7) is 4.04. The zero-order valence-corrected chi connectivity index (χ0v) is 14.7. The van der Waals surface area contributed by atoms with E-state index in [9.17, 15) is 5.11 Å². The minimum atomic E-state index is -0.574. The predicted octanol–water partition coefficient (Wildman–Crippen LogP) is 3.89. The molecule has 0 radical (unpaired) electrons. The molecule has 0 spiro atoms. The van der Waals surface area contributed by atoms with Crippen LogP contribution < -0.4 is 4.74 Å². The number of hydrogen-bond donors (Lipinski definition) is 1. The Morgan fingerprint density at radius 1 is 1.40 bits per heavy atom. The highest BCUT2D eigenvalue weighted by Crippen LogP contribution is 2.30. The molecule has 108 valence electrons. The maximum Gasteiger partial charge on any atom is 0.131 e. The molecule has 0 aliphatic carbocycles. The molecule has 0 saturated heterocycles. The fourth-order valence-electron chi connectivity index (χ4n) is 1.96. The second-order valence-corrected chi connectivity index (χ2v) is 6.33. The molecule has 1 N–H and O–H groups in total. The summed E-state index contributed by atoms with van der Waals surface area (Å²) < 4.78 is 9.52. The summed E-state index contributed by atoms with van der Waals surface area (Å²) in [4.78, 5) is 0. The van der Waals surface area contributed by atoms with Gasteiger partial charge in [-0.3, -0.25) is 4.68 Å². The highest BCUT2D eigenvalue weighted by molar-refractivity contribution is 9.10. The maximum atomic E-state index is 9.78. The van der Waals surface area contributed by atoms with Crippen molar-refractivity contribution in [1.29, 1.82) is 0 Å². The first-order valence-corrected chi connectivity index (χ1v) is 7.77. The average Bonchev–Trinajstić information content (AvgIpc) is 2.61. The first-order chi connectivity index (χ1) is 9.40. The summed E-state index contributed by atoms with van der Waals surface area (Å²) in [5.74, 6) is 0.667. The van der Waals surface area contributed by atoms with Crippen LogP contribution in [-0.2, 0) is 13.7 Å². The minimum Gasteiger partial charge on any atom is -0.487 e. The Labute approximate surface area is 135 Å². The number of nitrogens with zero attached hydrogens (tertiary/aromatic N) is 2. The lowest BCUT2D eigenvalue weighted by Crippen LogP contribution is -2.06. The Hall–Kier alpha value is -0.850. The van der Waals surface area contributed by atoms with Crippen LogP contribution in [0.2, 0.25) is 0 Å². The van der Waals surface area contributed by atoms with Gasteiger partial charge in [0.15, 0.2) is 0 Å². The standard InChI is InChI=1S/C14H16Br2N2O2/c1-8-14(16)12(18(3)17-8)7-20-13-6-10(15)4-5-11(13)9(2)19/h4-6,9,19H,7H2,1-3H3. The van der Waals surface area contributed by atoms with Gasteiger partial charge in [-0.05, 0) is 41.9 Å². The lowest BCUT2D eigenvalue weighted by atomic mass is 10.1. The van der Waals surface area contributed by atoms with E-state index in [0.29, 0.717) is 12.4 Å². The molecule has 2 rings (SSSR count). The lowest BCUT2D eigenvalue weighted by Gasteiger charge is -2.14. The van der Waals surface area contributed by atoms with Gasteiger partial charge in [-0.2, -0.15) is 5.10 Å². The van der Waals surface area contributed by atoms with Gasteiger partial charge in [-0.15, -0.1) is 0 Å². The highest BCUT2D eigenvalue weighted by atomic mass is 79.9. The summed E-state index contributed by atoms with van der Waals surface area (Å²) in [5, 5.41) is 14.1. The first kappa shape index (κ1) is 15.5. The number of rotatable bonds is 4. The number of halogens is 2. The SMILES string of the molecule is Cc1nn(C)c(COc2cc(Br)ccc2C(C)O)c1Br. The van der Waals surface area contributed by atoms with E-state index in [2.05, 4.69) is 37.0 Å². The van der Waals surface area contributed by atoms with Crippen molar-refractivity contribution in [3.63, 3.8) is 0 Å². The van der Waals surface area contributed by atoms with Gasteiger partial charge in [0.05, 0.1) is 22.0 Å². The molecule has 2 aromatic rings. The third-order valence-electron chi connectivity index (χ3n) is 3.05. The molecule has 1 aromatic heterocycles. The van der Waals surface area contributed by atoms with E-state index in [4.69, 9.17) is 4.74 Å². The van der Waals surface area contributed by atoms with Gasteiger partial charge in [0.2, 0.25) is 0 Å². The van der Waals surface area contributed by atoms with Gasteiger partial charge < -0.3 is 9.84 Å². The van der Waals surface area contributed by atoms with E-state index >= 15 is 0 Å². The van der Waals surface area contributed by atoms with Crippen molar-refractivity contribution in [2.75, 3.05) is 0 Å². The highest BCUT2D eigenvalue weighted by Gasteiger charge is 2.14. The topological polar surface area (TPSA) is 47.3 Å². The second-order valence-electron chi connectivity index (χ2n) is 4.62. The third-order valence-corrected chi connectivity index (χ3v) is 4.58. The molecular weight excluding hydrogens is 388 g/mol. The van der Waals surface area contributed by atoms with Crippen LogP contribution in [0.15, 0.2) is 27.1 Å². The molecule has 0 aliphatic heterocycles. The zero-order valence-electron chi connectivity index (χ0n) is 11.5. The van der Waals surface area contributed by atoms with Crippen molar-refractivity contribution in [1.82, 2.24) is 9.78 Å². The first-order valence-electron chi connectivity index (χ1n) is 6.18. The Bertz CT molecular complexity index is 624. The summed E-state index contributed by atoms with van der Waals surface area (Å²) in [7, 11) is 1.88. The van der Waals surface area contributed by atoms with Crippen LogP contribution in [0.25, 0.3) is 0 Å². The van der Waals surface area contributed by atoms with Crippen LogP contribution in [0.1, 0.15) is 30.0 Å². The Morgan fingerprint density at radius 2 is 2.10 bits per heavy atom. The number of hydrogen-bond acceptors (Lipinski definition) is 3. The smallest absolute Gasteiger partial charge is 0.131 e. The molecule has 6 heteroatoms. The number of ether oxygens (including phenoxy) is 1. The van der Waals surface area contributed by atoms with Crippen molar-refractivity contribution < 1.29 is 9.84 Å². The van der Waals surface area contributed by atoms with Gasteiger partial charge in [-0.25, -0.2) is 0 Å². The molecule has 0 saturated carbocycles. The van der Waals surface area contributed by atoms with Gasteiger partial charge in [0.25, 0.3) is 0 Å². The van der Waals surface area contributed by atoms with Gasteiger partial charge in [-0.1, -0.05) is 22.0 Å². The summed E-state index contributed by atoms with van der Waals surface area (Å²) in [6.07, 6.45) is -0.574. The third kappa shape index (κ3) is 3.24. The molecule has 1 heterocycles. The molecular formula is C14H16Br2N2O2. The Kier molecular flexibility index (Phi) is 4.88. The number of benzene rings is 1. The average molecular weight is 404 g/mol. The molecule has 0 aliphatic rings. The second kappa shape index (κ2) is 6.28. The molecule has 1 atom stereocenters. The molecule has 1 unspecified atom stereocenters. The normalized spacial score (nSPS) is 12.5. The van der Waals surface area contributed by atoms with E-state index in [1.54, 1.807) is 11.6 Å². The Balaban J connectivity index is 2.24. The van der Waals surface area contributed by atoms with Crippen LogP contribution >= 0.6 is 31.9 Å². The summed E-state index contributed by atoms with van der Waals surface area (Å²) in [5.41, 5.74) is 2.65. The molecule has 0 bridgehead atoms. The summed E-state index contributed by atoms with van der Waals surface area (Å²) >= 11 is 6.93. The van der Waals surface area contributed by atoms with Gasteiger partial charge in [0, 0.05) is 17.1 Å². The van der Waals surface area contributed by atoms with E-state index < -0.39 is 6.10 Å². The van der Waals surface area contributed by atoms with Crippen molar-refractivity contribution in [2.24, 2.45) is 7.05 Å². The van der Waals surface area contributed by atoms with Crippen molar-refractivity contribution >= 4 is 31.9 Å². The van der Waals surface area contributed by atoms with E-state index in [1.165, 1.54) is 0 Å². The zero-order chi connectivity index (χ0) is 14.9. The van der Waals surface area contributed by atoms with Crippen molar-refractivity contribution in [3.05, 3.63) is 44.1 Å². The fourth-order valence-corrected chi connectivity index (χ4v) is 2.75. The van der Waals surface area contributed by atoms with Gasteiger partial charge in [0.1, 0.15) is 12.4 Å². The number of aliphatic hydroxyl groups excluding tert-OH is 1. The van der Waals surface area contributed by atoms with Crippen LogP contribution in [0.5, 0.6) is 5.75 Å². The molecule has 1 aromatic carbocycles. The maximum absolute atomic E-state index is 9.78. The summed E-state index contributed by atoms with van der Waals surface area (Å²) in [6, 6.07) is 5.60. The molecule has 20 heavy (non-hydrogen) atoms. The largest absolute Gasteiger partial charge is 0.487 e. The van der Waals surface area contributed by atoms with Crippen LogP contribution in [-0.4, -0.2) is 14.9 Å². The van der Waals surface area contributed by atoms with Gasteiger partial charge >= 0.3 is 0 Å². The number of aliphatic hydroxyl groups is 1. The monoisotopic (exact) mass is 402 g/mol. The van der Waals surface area contributed by atoms with E-state index in [1.807, 2.05) is 32.2 Å². The van der Waals surface area contributed by atoms with Crippen LogP contribution in [0, 0.1) is 6.92 Å². The predicted molar refractivity (Wildman–Crippen MR) is 84.8 cm³/mol.